The normalized spacial score (nSPS) is 18.8. The van der Waals surface area contributed by atoms with E-state index in [1.165, 1.54) is 0 Å². The highest BCUT2D eigenvalue weighted by Gasteiger charge is 2.30. The molecule has 2 aliphatic heterocycles. The number of amides is 1. The Kier molecular flexibility index (Phi) is 4.49. The van der Waals surface area contributed by atoms with Crippen molar-refractivity contribution in [2.75, 3.05) is 31.6 Å². The van der Waals surface area contributed by atoms with Gasteiger partial charge in [0.2, 0.25) is 5.91 Å². The molecule has 0 N–H and O–H groups in total. The molecular formula is C20H24N4O2. The minimum absolute atomic E-state index is 0.259. The molecule has 1 atom stereocenters. The first-order valence-electron chi connectivity index (χ1n) is 9.18. The van der Waals surface area contributed by atoms with E-state index in [4.69, 9.17) is 4.74 Å². The predicted molar refractivity (Wildman–Crippen MR) is 99.2 cm³/mol. The average Bonchev–Trinajstić information content (AvgIpc) is 2.89. The fourth-order valence-electron chi connectivity index (χ4n) is 3.96. The third-order valence-electron chi connectivity index (χ3n) is 5.29. The molecular weight excluding hydrogens is 328 g/mol. The minimum atomic E-state index is 0.259. The molecule has 6 heteroatoms. The van der Waals surface area contributed by atoms with E-state index in [0.717, 1.165) is 54.4 Å². The Morgan fingerprint density at radius 2 is 2.15 bits per heavy atom. The van der Waals surface area contributed by atoms with Crippen LogP contribution in [0.25, 0.3) is 0 Å². The van der Waals surface area contributed by atoms with E-state index in [0.29, 0.717) is 18.9 Å². The Hall–Kier alpha value is -2.63. The number of aromatic nitrogens is 2. The molecule has 0 spiro atoms. The average molecular weight is 352 g/mol. The molecule has 1 aromatic heterocycles. The van der Waals surface area contributed by atoms with Gasteiger partial charge in [0, 0.05) is 51.0 Å². The number of likely N-dealkylation sites (tertiary alicyclic amines) is 1. The summed E-state index contributed by atoms with van der Waals surface area (Å²) in [5.74, 6) is 2.46. The van der Waals surface area contributed by atoms with Crippen LogP contribution in [0.1, 0.15) is 30.2 Å². The van der Waals surface area contributed by atoms with Crippen molar-refractivity contribution in [3.05, 3.63) is 47.4 Å². The van der Waals surface area contributed by atoms with Crippen LogP contribution in [0.5, 0.6) is 5.75 Å². The molecule has 2 aromatic rings. The zero-order valence-electron chi connectivity index (χ0n) is 15.3. The van der Waals surface area contributed by atoms with Crippen LogP contribution in [-0.4, -0.2) is 47.5 Å². The molecule has 0 bridgehead atoms. The highest BCUT2D eigenvalue weighted by Crippen LogP contribution is 2.31. The van der Waals surface area contributed by atoms with Gasteiger partial charge in [-0.25, -0.2) is 9.97 Å². The molecule has 2 aliphatic rings. The molecule has 1 aromatic carbocycles. The second-order valence-electron chi connectivity index (χ2n) is 7.08. The Balaban J connectivity index is 1.58. The standard InChI is InChI=1S/C20H24N4O2/c1-3-24-11-14(8-19(24)25)10-23(2)20-16-9-15-6-4-5-7-18(15)26-12-17(16)21-13-22-20/h4-7,13-14H,3,8-12H2,1-2H3/t14-/m0/s1. The van der Waals surface area contributed by atoms with Gasteiger partial charge in [-0.15, -0.1) is 0 Å². The Labute approximate surface area is 153 Å². The van der Waals surface area contributed by atoms with Crippen LogP contribution in [0.2, 0.25) is 0 Å². The number of ether oxygens (including phenoxy) is 1. The number of anilines is 1. The molecule has 136 valence electrons. The lowest BCUT2D eigenvalue weighted by atomic mass is 10.0. The summed E-state index contributed by atoms with van der Waals surface area (Å²) in [6.45, 7) is 4.93. The van der Waals surface area contributed by atoms with E-state index in [2.05, 4.69) is 28.0 Å². The van der Waals surface area contributed by atoms with Crippen LogP contribution in [-0.2, 0) is 17.8 Å². The highest BCUT2D eigenvalue weighted by atomic mass is 16.5. The molecule has 0 saturated carbocycles. The summed E-state index contributed by atoms with van der Waals surface area (Å²) in [4.78, 5) is 25.1. The molecule has 0 aliphatic carbocycles. The van der Waals surface area contributed by atoms with Gasteiger partial charge in [-0.3, -0.25) is 4.79 Å². The van der Waals surface area contributed by atoms with Crippen molar-refractivity contribution in [2.45, 2.75) is 26.4 Å². The van der Waals surface area contributed by atoms with E-state index in [9.17, 15) is 4.79 Å². The number of fused-ring (bicyclic) bond motifs is 2. The van der Waals surface area contributed by atoms with Gasteiger partial charge < -0.3 is 14.5 Å². The number of benzene rings is 1. The number of rotatable bonds is 4. The summed E-state index contributed by atoms with van der Waals surface area (Å²) in [7, 11) is 2.05. The lowest BCUT2D eigenvalue weighted by molar-refractivity contribution is -0.127. The molecule has 1 amide bonds. The maximum absolute atomic E-state index is 12.0. The summed E-state index contributed by atoms with van der Waals surface area (Å²) in [6, 6.07) is 8.12. The van der Waals surface area contributed by atoms with Gasteiger partial charge >= 0.3 is 0 Å². The molecule has 3 heterocycles. The van der Waals surface area contributed by atoms with Crippen molar-refractivity contribution in [1.82, 2.24) is 14.9 Å². The van der Waals surface area contributed by atoms with E-state index >= 15 is 0 Å². The molecule has 26 heavy (non-hydrogen) atoms. The fourth-order valence-corrected chi connectivity index (χ4v) is 3.96. The first-order valence-corrected chi connectivity index (χ1v) is 9.18. The quantitative estimate of drug-likeness (QED) is 0.845. The van der Waals surface area contributed by atoms with E-state index in [1.807, 2.05) is 30.0 Å². The summed E-state index contributed by atoms with van der Waals surface area (Å²) in [6.07, 6.45) is 3.00. The van der Waals surface area contributed by atoms with Crippen LogP contribution in [0.3, 0.4) is 0 Å². The number of hydrogen-bond donors (Lipinski definition) is 0. The molecule has 1 saturated heterocycles. The number of nitrogens with zero attached hydrogens (tertiary/aromatic N) is 4. The number of hydrogen-bond acceptors (Lipinski definition) is 5. The van der Waals surface area contributed by atoms with Gasteiger partial charge in [-0.2, -0.15) is 0 Å². The van der Waals surface area contributed by atoms with Gasteiger partial charge in [0.15, 0.2) is 0 Å². The molecule has 6 nitrogen and oxygen atoms in total. The van der Waals surface area contributed by atoms with Crippen LogP contribution >= 0.6 is 0 Å². The lowest BCUT2D eigenvalue weighted by Crippen LogP contribution is -2.30. The summed E-state index contributed by atoms with van der Waals surface area (Å²) in [5.41, 5.74) is 3.22. The summed E-state index contributed by atoms with van der Waals surface area (Å²) in [5, 5.41) is 0. The van der Waals surface area contributed by atoms with Crippen LogP contribution in [0.15, 0.2) is 30.6 Å². The van der Waals surface area contributed by atoms with Crippen molar-refractivity contribution in [2.24, 2.45) is 5.92 Å². The van der Waals surface area contributed by atoms with Crippen molar-refractivity contribution >= 4 is 11.7 Å². The fraction of sp³-hybridized carbons (Fsp3) is 0.450. The zero-order chi connectivity index (χ0) is 18.1. The number of carbonyl (C=O) groups excluding carboxylic acids is 1. The minimum Gasteiger partial charge on any atom is -0.487 e. The second kappa shape index (κ2) is 6.94. The Morgan fingerprint density at radius 3 is 2.96 bits per heavy atom. The van der Waals surface area contributed by atoms with E-state index in [1.54, 1.807) is 6.33 Å². The smallest absolute Gasteiger partial charge is 0.222 e. The lowest BCUT2D eigenvalue weighted by Gasteiger charge is -2.24. The number of para-hydroxylation sites is 1. The van der Waals surface area contributed by atoms with Gasteiger partial charge in [-0.1, -0.05) is 18.2 Å². The molecule has 1 fully saturated rings. The maximum Gasteiger partial charge on any atom is 0.222 e. The Morgan fingerprint density at radius 1 is 1.31 bits per heavy atom. The summed E-state index contributed by atoms with van der Waals surface area (Å²) >= 11 is 0. The van der Waals surface area contributed by atoms with Gasteiger partial charge in [0.1, 0.15) is 24.5 Å². The third-order valence-corrected chi connectivity index (χ3v) is 5.29. The van der Waals surface area contributed by atoms with Crippen LogP contribution in [0.4, 0.5) is 5.82 Å². The van der Waals surface area contributed by atoms with Gasteiger partial charge in [0.25, 0.3) is 0 Å². The third kappa shape index (κ3) is 3.11. The summed E-state index contributed by atoms with van der Waals surface area (Å²) < 4.78 is 5.93. The topological polar surface area (TPSA) is 58.6 Å². The van der Waals surface area contributed by atoms with Crippen molar-refractivity contribution in [3.8, 4) is 5.75 Å². The largest absolute Gasteiger partial charge is 0.487 e. The molecule has 4 rings (SSSR count). The first-order chi connectivity index (χ1) is 12.7. The second-order valence-corrected chi connectivity index (χ2v) is 7.08. The van der Waals surface area contributed by atoms with Gasteiger partial charge in [0.05, 0.1) is 5.69 Å². The van der Waals surface area contributed by atoms with E-state index < -0.39 is 0 Å². The first kappa shape index (κ1) is 16.8. The van der Waals surface area contributed by atoms with Crippen molar-refractivity contribution in [3.63, 3.8) is 0 Å². The van der Waals surface area contributed by atoms with Crippen molar-refractivity contribution in [1.29, 1.82) is 0 Å². The van der Waals surface area contributed by atoms with Crippen LogP contribution < -0.4 is 9.64 Å². The molecule has 0 unspecified atom stereocenters. The predicted octanol–water partition coefficient (Wildman–Crippen LogP) is 2.26. The van der Waals surface area contributed by atoms with E-state index in [-0.39, 0.29) is 5.91 Å². The van der Waals surface area contributed by atoms with Crippen molar-refractivity contribution < 1.29 is 9.53 Å². The molecule has 0 radical (unpaired) electrons. The number of carbonyl (C=O) groups is 1. The monoisotopic (exact) mass is 352 g/mol. The van der Waals surface area contributed by atoms with Crippen LogP contribution in [0, 0.1) is 5.92 Å². The Bertz CT molecular complexity index is 823. The zero-order valence-corrected chi connectivity index (χ0v) is 15.3. The highest BCUT2D eigenvalue weighted by molar-refractivity contribution is 5.78. The van der Waals surface area contributed by atoms with Gasteiger partial charge in [-0.05, 0) is 18.6 Å². The SMILES string of the molecule is CCN1C[C@H](CN(C)c2ncnc3c2Cc2ccccc2OC3)CC1=O. The maximum atomic E-state index is 12.0.